The monoisotopic (exact) mass is 527 g/mol. The first kappa shape index (κ1) is 20.0. The molecule has 2 rings (SSSR count). The van der Waals surface area contributed by atoms with Gasteiger partial charge < -0.3 is 10.1 Å². The number of nitrogens with one attached hydrogen (secondary N) is 1. The van der Waals surface area contributed by atoms with Gasteiger partial charge in [0.25, 0.3) is 5.91 Å². The van der Waals surface area contributed by atoms with Crippen LogP contribution in [0.4, 0.5) is 18.9 Å². The molecule has 2 aromatic rings. The highest BCUT2D eigenvalue weighted by Gasteiger charge is 2.36. The standard InChI is InChI=1S/C17H14BrF3INO2/c1-16(2,25-12-6-3-10(18)4-7-12)15(24)23-14-8-5-11(22)9-13(14)17(19,20)21/h3-9H,1-2H3,(H,23,24). The average Bonchev–Trinajstić information content (AvgIpc) is 2.50. The van der Waals surface area contributed by atoms with E-state index in [2.05, 4.69) is 21.2 Å². The van der Waals surface area contributed by atoms with Crippen molar-refractivity contribution in [2.75, 3.05) is 5.32 Å². The maximum atomic E-state index is 13.2. The van der Waals surface area contributed by atoms with Crippen LogP contribution in [0.25, 0.3) is 0 Å². The molecular weight excluding hydrogens is 514 g/mol. The molecule has 0 radical (unpaired) electrons. The Hall–Kier alpha value is -1.29. The SMILES string of the molecule is CC(C)(Oc1ccc(Br)cc1)C(=O)Nc1ccc(I)cc1C(F)(F)F. The van der Waals surface area contributed by atoms with Crippen molar-refractivity contribution in [2.45, 2.75) is 25.6 Å². The second-order valence-electron chi connectivity index (χ2n) is 5.71. The van der Waals surface area contributed by atoms with Crippen molar-refractivity contribution in [1.29, 1.82) is 0 Å². The third-order valence-electron chi connectivity index (χ3n) is 3.27. The van der Waals surface area contributed by atoms with Crippen molar-refractivity contribution in [3.63, 3.8) is 0 Å². The van der Waals surface area contributed by atoms with E-state index >= 15 is 0 Å². The number of rotatable bonds is 4. The first-order valence-corrected chi connectivity index (χ1v) is 8.99. The van der Waals surface area contributed by atoms with Crippen molar-refractivity contribution in [3.05, 3.63) is 56.1 Å². The van der Waals surface area contributed by atoms with E-state index < -0.39 is 23.2 Å². The van der Waals surface area contributed by atoms with Gasteiger partial charge in [0.1, 0.15) is 5.75 Å². The quantitative estimate of drug-likeness (QED) is 0.505. The van der Waals surface area contributed by atoms with Crippen LogP contribution < -0.4 is 10.1 Å². The molecule has 0 bridgehead atoms. The molecule has 0 spiro atoms. The van der Waals surface area contributed by atoms with E-state index in [1.54, 1.807) is 46.9 Å². The van der Waals surface area contributed by atoms with Crippen LogP contribution in [-0.4, -0.2) is 11.5 Å². The average molecular weight is 528 g/mol. The highest BCUT2D eigenvalue weighted by atomic mass is 127. The molecule has 0 fully saturated rings. The molecule has 0 unspecified atom stereocenters. The van der Waals surface area contributed by atoms with E-state index in [4.69, 9.17) is 4.74 Å². The zero-order valence-electron chi connectivity index (χ0n) is 13.2. The molecule has 0 saturated heterocycles. The maximum Gasteiger partial charge on any atom is 0.418 e. The summed E-state index contributed by atoms with van der Waals surface area (Å²) in [7, 11) is 0. The summed E-state index contributed by atoms with van der Waals surface area (Å²) in [5, 5.41) is 2.32. The number of hydrogen-bond acceptors (Lipinski definition) is 2. The molecule has 0 aromatic heterocycles. The van der Waals surface area contributed by atoms with Gasteiger partial charge in [-0.05, 0) is 78.9 Å². The highest BCUT2D eigenvalue weighted by molar-refractivity contribution is 14.1. The third kappa shape index (κ3) is 5.34. The Morgan fingerprint density at radius 3 is 2.28 bits per heavy atom. The molecule has 134 valence electrons. The second-order valence-corrected chi connectivity index (χ2v) is 7.87. The summed E-state index contributed by atoms with van der Waals surface area (Å²) in [6.07, 6.45) is -4.57. The summed E-state index contributed by atoms with van der Waals surface area (Å²) in [4.78, 5) is 12.5. The molecule has 2 aromatic carbocycles. The fourth-order valence-corrected chi connectivity index (χ4v) is 2.73. The number of hydrogen-bond donors (Lipinski definition) is 1. The van der Waals surface area contributed by atoms with E-state index in [0.29, 0.717) is 9.32 Å². The molecule has 8 heteroatoms. The lowest BCUT2D eigenvalue weighted by atomic mass is 10.1. The topological polar surface area (TPSA) is 38.3 Å². The van der Waals surface area contributed by atoms with Gasteiger partial charge in [-0.15, -0.1) is 0 Å². The van der Waals surface area contributed by atoms with Crippen LogP contribution >= 0.6 is 38.5 Å². The van der Waals surface area contributed by atoms with Crippen LogP contribution in [0.5, 0.6) is 5.75 Å². The third-order valence-corrected chi connectivity index (χ3v) is 4.47. The molecule has 0 aliphatic carbocycles. The van der Waals surface area contributed by atoms with Gasteiger partial charge in [-0.3, -0.25) is 4.79 Å². The van der Waals surface area contributed by atoms with Gasteiger partial charge in [0.15, 0.2) is 5.60 Å². The summed E-state index contributed by atoms with van der Waals surface area (Å²) < 4.78 is 46.4. The van der Waals surface area contributed by atoms with Gasteiger partial charge in [0, 0.05) is 8.04 Å². The minimum Gasteiger partial charge on any atom is -0.478 e. The van der Waals surface area contributed by atoms with Crippen molar-refractivity contribution < 1.29 is 22.7 Å². The van der Waals surface area contributed by atoms with Crippen molar-refractivity contribution in [2.24, 2.45) is 0 Å². The van der Waals surface area contributed by atoms with E-state index in [0.717, 1.165) is 10.5 Å². The van der Waals surface area contributed by atoms with Gasteiger partial charge in [-0.2, -0.15) is 13.2 Å². The van der Waals surface area contributed by atoms with Gasteiger partial charge in [0.05, 0.1) is 11.3 Å². The predicted molar refractivity (Wildman–Crippen MR) is 102 cm³/mol. The van der Waals surface area contributed by atoms with E-state index in [1.165, 1.54) is 26.0 Å². The number of amides is 1. The molecule has 0 saturated carbocycles. The normalized spacial score (nSPS) is 12.0. The molecule has 0 aliphatic heterocycles. The number of carbonyl (C=O) groups excluding carboxylic acids is 1. The molecule has 0 heterocycles. The minimum absolute atomic E-state index is 0.301. The van der Waals surface area contributed by atoms with Gasteiger partial charge in [-0.1, -0.05) is 15.9 Å². The number of carbonyl (C=O) groups is 1. The predicted octanol–water partition coefficient (Wildman–Crippen LogP) is 5.87. The molecule has 25 heavy (non-hydrogen) atoms. The Labute approximate surface area is 165 Å². The molecule has 1 amide bonds. The van der Waals surface area contributed by atoms with Crippen LogP contribution in [0.1, 0.15) is 19.4 Å². The number of anilines is 1. The summed E-state index contributed by atoms with van der Waals surface area (Å²) in [6, 6.07) is 10.5. The van der Waals surface area contributed by atoms with Crippen LogP contribution in [0.3, 0.4) is 0 Å². The van der Waals surface area contributed by atoms with Gasteiger partial charge >= 0.3 is 6.18 Å². The van der Waals surface area contributed by atoms with Crippen LogP contribution in [0, 0.1) is 3.57 Å². The lowest BCUT2D eigenvalue weighted by Crippen LogP contribution is -2.42. The largest absolute Gasteiger partial charge is 0.478 e. The first-order valence-electron chi connectivity index (χ1n) is 7.12. The Morgan fingerprint density at radius 2 is 1.72 bits per heavy atom. The molecular formula is C17H14BrF3INO2. The molecule has 3 nitrogen and oxygen atoms in total. The van der Waals surface area contributed by atoms with Crippen molar-refractivity contribution in [1.82, 2.24) is 0 Å². The van der Waals surface area contributed by atoms with E-state index in [9.17, 15) is 18.0 Å². The summed E-state index contributed by atoms with van der Waals surface area (Å²) in [6.45, 7) is 2.98. The Bertz CT molecular complexity index is 776. The van der Waals surface area contributed by atoms with E-state index in [1.807, 2.05) is 0 Å². The van der Waals surface area contributed by atoms with Crippen LogP contribution in [0.2, 0.25) is 0 Å². The fraction of sp³-hybridized carbons (Fsp3) is 0.235. The van der Waals surface area contributed by atoms with Crippen molar-refractivity contribution >= 4 is 50.1 Å². The number of halogens is 5. The smallest absolute Gasteiger partial charge is 0.418 e. The minimum atomic E-state index is -4.57. The lowest BCUT2D eigenvalue weighted by Gasteiger charge is -2.26. The maximum absolute atomic E-state index is 13.2. The Balaban J connectivity index is 2.22. The number of ether oxygens (including phenoxy) is 1. The van der Waals surface area contributed by atoms with Crippen LogP contribution in [-0.2, 0) is 11.0 Å². The molecule has 1 N–H and O–H groups in total. The zero-order valence-corrected chi connectivity index (χ0v) is 17.0. The van der Waals surface area contributed by atoms with Gasteiger partial charge in [-0.25, -0.2) is 0 Å². The van der Waals surface area contributed by atoms with Gasteiger partial charge in [0.2, 0.25) is 0 Å². The highest BCUT2D eigenvalue weighted by Crippen LogP contribution is 2.36. The summed E-state index contributed by atoms with van der Waals surface area (Å²) in [5.74, 6) is -0.246. The molecule has 0 aliphatic rings. The van der Waals surface area contributed by atoms with Crippen LogP contribution in [0.15, 0.2) is 46.9 Å². The number of alkyl halides is 3. The summed E-state index contributed by atoms with van der Waals surface area (Å²) >= 11 is 5.08. The lowest BCUT2D eigenvalue weighted by molar-refractivity contribution is -0.137. The van der Waals surface area contributed by atoms with E-state index in [-0.39, 0.29) is 5.69 Å². The zero-order chi connectivity index (χ0) is 18.8. The summed E-state index contributed by atoms with van der Waals surface area (Å²) in [5.41, 5.74) is -2.56. The second kappa shape index (κ2) is 7.53. The first-order chi connectivity index (χ1) is 11.5. The Morgan fingerprint density at radius 1 is 1.12 bits per heavy atom. The molecule has 0 atom stereocenters. The number of benzene rings is 2. The fourth-order valence-electron chi connectivity index (χ4n) is 1.98. The Kier molecular flexibility index (Phi) is 6.03. The van der Waals surface area contributed by atoms with Crippen molar-refractivity contribution in [3.8, 4) is 5.75 Å².